The summed E-state index contributed by atoms with van der Waals surface area (Å²) in [6.07, 6.45) is 0. The first-order valence-electron chi connectivity index (χ1n) is 7.69. The molecule has 23 heavy (non-hydrogen) atoms. The standard InChI is InChI=1S/C18H23BrN2OS/c1-12(2)15-7-5-6-13(3)18(15)20-17(22)11-21(4)10-14-8-9-16(19)23-14/h5-9,12H,10-11H2,1-4H3,(H,20,22). The van der Waals surface area contributed by atoms with Crippen molar-refractivity contribution in [2.45, 2.75) is 33.2 Å². The quantitative estimate of drug-likeness (QED) is 0.746. The van der Waals surface area contributed by atoms with Gasteiger partial charge in [0.15, 0.2) is 0 Å². The van der Waals surface area contributed by atoms with Crippen molar-refractivity contribution in [2.75, 3.05) is 18.9 Å². The molecule has 3 nitrogen and oxygen atoms in total. The Bertz CT molecular complexity index is 681. The lowest BCUT2D eigenvalue weighted by Crippen LogP contribution is -2.30. The van der Waals surface area contributed by atoms with Gasteiger partial charge in [-0.2, -0.15) is 0 Å². The summed E-state index contributed by atoms with van der Waals surface area (Å²) in [5.74, 6) is 0.408. The molecule has 1 N–H and O–H groups in total. The third-order valence-electron chi connectivity index (χ3n) is 3.66. The normalized spacial score (nSPS) is 11.3. The molecule has 0 bridgehead atoms. The number of nitrogens with zero attached hydrogens (tertiary/aromatic N) is 1. The molecule has 1 aromatic heterocycles. The van der Waals surface area contributed by atoms with Gasteiger partial charge in [-0.15, -0.1) is 11.3 Å². The number of rotatable bonds is 6. The van der Waals surface area contributed by atoms with Gasteiger partial charge in [-0.25, -0.2) is 0 Å². The van der Waals surface area contributed by atoms with E-state index in [-0.39, 0.29) is 5.91 Å². The second-order valence-corrected chi connectivity index (χ2v) is 8.67. The van der Waals surface area contributed by atoms with Crippen LogP contribution in [0.5, 0.6) is 0 Å². The lowest BCUT2D eigenvalue weighted by atomic mass is 9.98. The largest absolute Gasteiger partial charge is 0.324 e. The van der Waals surface area contributed by atoms with Crippen LogP contribution in [0.25, 0.3) is 0 Å². The van der Waals surface area contributed by atoms with Crippen LogP contribution in [0.1, 0.15) is 35.8 Å². The Morgan fingerprint density at radius 3 is 2.65 bits per heavy atom. The molecule has 0 fully saturated rings. The van der Waals surface area contributed by atoms with Crippen molar-refractivity contribution in [1.29, 1.82) is 0 Å². The van der Waals surface area contributed by atoms with Crippen molar-refractivity contribution in [3.63, 3.8) is 0 Å². The van der Waals surface area contributed by atoms with Crippen LogP contribution in [-0.4, -0.2) is 24.4 Å². The molecule has 0 saturated carbocycles. The van der Waals surface area contributed by atoms with Crippen LogP contribution in [0.4, 0.5) is 5.69 Å². The topological polar surface area (TPSA) is 32.3 Å². The minimum Gasteiger partial charge on any atom is -0.324 e. The van der Waals surface area contributed by atoms with E-state index in [9.17, 15) is 4.79 Å². The maximum absolute atomic E-state index is 12.4. The molecule has 0 radical (unpaired) electrons. The number of hydrogen-bond acceptors (Lipinski definition) is 3. The highest BCUT2D eigenvalue weighted by Gasteiger charge is 2.14. The summed E-state index contributed by atoms with van der Waals surface area (Å²) in [6, 6.07) is 10.3. The zero-order valence-corrected chi connectivity index (χ0v) is 16.4. The first-order chi connectivity index (χ1) is 10.9. The number of amides is 1. The third kappa shape index (κ3) is 5.16. The monoisotopic (exact) mass is 394 g/mol. The second kappa shape index (κ2) is 8.08. The number of carbonyl (C=O) groups is 1. The van der Waals surface area contributed by atoms with E-state index in [0.717, 1.165) is 21.6 Å². The molecule has 0 unspecified atom stereocenters. The highest BCUT2D eigenvalue weighted by Crippen LogP contribution is 2.27. The van der Waals surface area contributed by atoms with Gasteiger partial charge in [0.25, 0.3) is 0 Å². The van der Waals surface area contributed by atoms with Gasteiger partial charge in [0, 0.05) is 17.1 Å². The maximum atomic E-state index is 12.4. The second-order valence-electron chi connectivity index (χ2n) is 6.12. The van der Waals surface area contributed by atoms with E-state index >= 15 is 0 Å². The number of hydrogen-bond donors (Lipinski definition) is 1. The molecular formula is C18H23BrN2OS. The minimum atomic E-state index is 0.0271. The molecule has 5 heteroatoms. The molecule has 0 atom stereocenters. The van der Waals surface area contributed by atoms with Gasteiger partial charge < -0.3 is 5.32 Å². The summed E-state index contributed by atoms with van der Waals surface area (Å²) in [5, 5.41) is 3.10. The average molecular weight is 395 g/mol. The fourth-order valence-electron chi connectivity index (χ4n) is 2.53. The van der Waals surface area contributed by atoms with E-state index in [1.807, 2.05) is 37.1 Å². The van der Waals surface area contributed by atoms with Crippen LogP contribution >= 0.6 is 27.3 Å². The summed E-state index contributed by atoms with van der Waals surface area (Å²) in [6.45, 7) is 7.47. The fourth-order valence-corrected chi connectivity index (χ4v) is 4.09. The zero-order valence-electron chi connectivity index (χ0n) is 14.0. The SMILES string of the molecule is Cc1cccc(C(C)C)c1NC(=O)CN(C)Cc1ccc(Br)s1. The molecule has 0 aliphatic rings. The number of likely N-dealkylation sites (N-methyl/N-ethyl adjacent to an activating group) is 1. The summed E-state index contributed by atoms with van der Waals surface area (Å²) >= 11 is 5.17. The number of nitrogens with one attached hydrogen (secondary N) is 1. The van der Waals surface area contributed by atoms with Crippen molar-refractivity contribution in [1.82, 2.24) is 4.90 Å². The zero-order chi connectivity index (χ0) is 17.0. The van der Waals surface area contributed by atoms with Gasteiger partial charge in [-0.3, -0.25) is 9.69 Å². The van der Waals surface area contributed by atoms with Crippen molar-refractivity contribution < 1.29 is 4.79 Å². The number of thiophene rings is 1. The Morgan fingerprint density at radius 2 is 2.04 bits per heavy atom. The van der Waals surface area contributed by atoms with E-state index in [1.54, 1.807) is 11.3 Å². The molecule has 1 amide bonds. The van der Waals surface area contributed by atoms with E-state index < -0.39 is 0 Å². The third-order valence-corrected chi connectivity index (χ3v) is 5.27. The fraction of sp³-hybridized carbons (Fsp3) is 0.389. The Balaban J connectivity index is 1.99. The summed E-state index contributed by atoms with van der Waals surface area (Å²) in [5.41, 5.74) is 3.25. The molecular weight excluding hydrogens is 372 g/mol. The molecule has 124 valence electrons. The van der Waals surface area contributed by atoms with Crippen LogP contribution in [-0.2, 0) is 11.3 Å². The number of halogens is 1. The Hall–Kier alpha value is -1.17. The Kier molecular flexibility index (Phi) is 6.39. The molecule has 2 rings (SSSR count). The lowest BCUT2D eigenvalue weighted by Gasteiger charge is -2.19. The van der Waals surface area contributed by atoms with Crippen LogP contribution in [0.15, 0.2) is 34.1 Å². The van der Waals surface area contributed by atoms with Gasteiger partial charge in [-0.1, -0.05) is 32.0 Å². The first kappa shape index (κ1) is 18.2. The van der Waals surface area contributed by atoms with Gasteiger partial charge in [0.1, 0.15) is 0 Å². The smallest absolute Gasteiger partial charge is 0.238 e. The highest BCUT2D eigenvalue weighted by atomic mass is 79.9. The van der Waals surface area contributed by atoms with E-state index in [2.05, 4.69) is 47.2 Å². The summed E-state index contributed by atoms with van der Waals surface area (Å²) in [4.78, 5) is 15.7. The summed E-state index contributed by atoms with van der Waals surface area (Å²) < 4.78 is 1.12. The maximum Gasteiger partial charge on any atom is 0.238 e. The van der Waals surface area contributed by atoms with Crippen LogP contribution in [0.3, 0.4) is 0 Å². The van der Waals surface area contributed by atoms with Crippen molar-refractivity contribution in [3.8, 4) is 0 Å². The molecule has 0 saturated heterocycles. The number of carbonyl (C=O) groups excluding carboxylic acids is 1. The van der Waals surface area contributed by atoms with E-state index in [1.165, 1.54) is 10.4 Å². The Labute approximate surface area is 150 Å². The number of benzene rings is 1. The van der Waals surface area contributed by atoms with Crippen LogP contribution in [0, 0.1) is 6.92 Å². The molecule has 1 heterocycles. The van der Waals surface area contributed by atoms with Crippen LogP contribution in [0.2, 0.25) is 0 Å². The molecule has 0 aliphatic heterocycles. The number of para-hydroxylation sites is 1. The predicted molar refractivity (Wildman–Crippen MR) is 102 cm³/mol. The van der Waals surface area contributed by atoms with Crippen LogP contribution < -0.4 is 5.32 Å². The summed E-state index contributed by atoms with van der Waals surface area (Å²) in [7, 11) is 1.97. The van der Waals surface area contributed by atoms with Gasteiger partial charge >= 0.3 is 0 Å². The van der Waals surface area contributed by atoms with Gasteiger partial charge in [0.05, 0.1) is 10.3 Å². The van der Waals surface area contributed by atoms with Crippen molar-refractivity contribution in [2.24, 2.45) is 0 Å². The number of aryl methyl sites for hydroxylation is 1. The molecule has 0 aliphatic carbocycles. The van der Waals surface area contributed by atoms with Gasteiger partial charge in [-0.05, 0) is 59.1 Å². The minimum absolute atomic E-state index is 0.0271. The van der Waals surface area contributed by atoms with E-state index in [4.69, 9.17) is 0 Å². The average Bonchev–Trinajstić information content (AvgIpc) is 2.85. The number of anilines is 1. The van der Waals surface area contributed by atoms with Crippen molar-refractivity contribution in [3.05, 3.63) is 50.1 Å². The predicted octanol–water partition coefficient (Wildman–Crippen LogP) is 5.01. The van der Waals surface area contributed by atoms with Gasteiger partial charge in [0.2, 0.25) is 5.91 Å². The lowest BCUT2D eigenvalue weighted by molar-refractivity contribution is -0.117. The molecule has 0 spiro atoms. The molecule has 1 aromatic carbocycles. The first-order valence-corrected chi connectivity index (χ1v) is 9.30. The highest BCUT2D eigenvalue weighted by molar-refractivity contribution is 9.11. The van der Waals surface area contributed by atoms with Crippen molar-refractivity contribution >= 4 is 38.9 Å². The van der Waals surface area contributed by atoms with E-state index in [0.29, 0.717) is 12.5 Å². The molecule has 2 aromatic rings. The Morgan fingerprint density at radius 1 is 1.30 bits per heavy atom.